The van der Waals surface area contributed by atoms with E-state index in [1.54, 1.807) is 12.1 Å². The molecule has 5 nitrogen and oxygen atoms in total. The Morgan fingerprint density at radius 1 is 1.40 bits per heavy atom. The first-order chi connectivity index (χ1) is 9.72. The second-order valence-electron chi connectivity index (χ2n) is 5.08. The molecule has 2 rings (SSSR count). The molecular weight excluding hydrogens is 256 g/mol. The second-order valence-corrected chi connectivity index (χ2v) is 5.08. The fourth-order valence-corrected chi connectivity index (χ4v) is 2.28. The number of hydrogen-bond donors (Lipinski definition) is 2. The molecule has 1 amide bonds. The largest absolute Gasteiger partial charge is 0.482 e. The van der Waals surface area contributed by atoms with Gasteiger partial charge in [0.25, 0.3) is 5.91 Å². The Morgan fingerprint density at radius 3 is 2.75 bits per heavy atom. The summed E-state index contributed by atoms with van der Waals surface area (Å²) in [6, 6.07) is 7.46. The third-order valence-electron chi connectivity index (χ3n) is 3.66. The molecular formula is C15H22N2O3. The van der Waals surface area contributed by atoms with E-state index in [1.807, 2.05) is 17.0 Å². The lowest BCUT2D eigenvalue weighted by Gasteiger charge is -2.37. The molecule has 1 aliphatic carbocycles. The molecule has 0 bridgehead atoms. The molecule has 1 aromatic rings. The minimum Gasteiger partial charge on any atom is -0.482 e. The lowest BCUT2D eigenvalue weighted by molar-refractivity contribution is -0.137. The normalized spacial score (nSPS) is 14.7. The van der Waals surface area contributed by atoms with Gasteiger partial charge in [-0.15, -0.1) is 0 Å². The molecule has 3 N–H and O–H groups in total. The monoisotopic (exact) mass is 278 g/mol. The highest BCUT2D eigenvalue weighted by atomic mass is 16.5. The van der Waals surface area contributed by atoms with Gasteiger partial charge in [0.15, 0.2) is 6.61 Å². The summed E-state index contributed by atoms with van der Waals surface area (Å²) in [5.41, 5.74) is 6.31. The van der Waals surface area contributed by atoms with Crippen LogP contribution in [-0.4, -0.2) is 41.7 Å². The third kappa shape index (κ3) is 3.63. The Balaban J connectivity index is 1.89. The van der Waals surface area contributed by atoms with Crippen molar-refractivity contribution in [1.29, 1.82) is 0 Å². The summed E-state index contributed by atoms with van der Waals surface area (Å²) in [6.07, 6.45) is 3.87. The highest BCUT2D eigenvalue weighted by Crippen LogP contribution is 2.25. The highest BCUT2D eigenvalue weighted by molar-refractivity contribution is 5.78. The molecule has 0 heterocycles. The SMILES string of the molecule is Nc1ccccc1OCC(=O)N(CCCO)C1CCC1. The zero-order chi connectivity index (χ0) is 14.4. The number of para-hydroxylation sites is 2. The number of carbonyl (C=O) groups is 1. The number of nitrogen functional groups attached to an aromatic ring is 1. The summed E-state index contributed by atoms with van der Waals surface area (Å²) in [6.45, 7) is 0.687. The minimum absolute atomic E-state index is 0.00383. The van der Waals surface area contributed by atoms with Crippen molar-refractivity contribution in [2.45, 2.75) is 31.7 Å². The maximum absolute atomic E-state index is 12.2. The number of ether oxygens (including phenoxy) is 1. The summed E-state index contributed by atoms with van der Waals surface area (Å²) in [7, 11) is 0. The number of carbonyl (C=O) groups excluding carboxylic acids is 1. The number of aliphatic hydroxyl groups is 1. The highest BCUT2D eigenvalue weighted by Gasteiger charge is 2.28. The van der Waals surface area contributed by atoms with E-state index in [-0.39, 0.29) is 19.1 Å². The van der Waals surface area contributed by atoms with Crippen molar-refractivity contribution in [3.63, 3.8) is 0 Å². The number of hydrogen-bond acceptors (Lipinski definition) is 4. The van der Waals surface area contributed by atoms with Crippen molar-refractivity contribution >= 4 is 11.6 Å². The molecule has 0 spiro atoms. The number of rotatable bonds is 7. The molecule has 0 aromatic heterocycles. The van der Waals surface area contributed by atoms with Gasteiger partial charge in [-0.1, -0.05) is 12.1 Å². The number of anilines is 1. The maximum atomic E-state index is 12.2. The fraction of sp³-hybridized carbons (Fsp3) is 0.533. The van der Waals surface area contributed by atoms with E-state index in [1.165, 1.54) is 6.42 Å². The van der Waals surface area contributed by atoms with Gasteiger partial charge in [0.1, 0.15) is 5.75 Å². The molecule has 1 saturated carbocycles. The quantitative estimate of drug-likeness (QED) is 0.739. The van der Waals surface area contributed by atoms with Gasteiger partial charge in [-0.2, -0.15) is 0 Å². The molecule has 1 aliphatic rings. The number of amides is 1. The second kappa shape index (κ2) is 7.14. The van der Waals surface area contributed by atoms with Gasteiger partial charge >= 0.3 is 0 Å². The zero-order valence-electron chi connectivity index (χ0n) is 11.6. The van der Waals surface area contributed by atoms with Crippen molar-refractivity contribution in [3.05, 3.63) is 24.3 Å². The van der Waals surface area contributed by atoms with Crippen molar-refractivity contribution in [2.24, 2.45) is 0 Å². The summed E-state index contributed by atoms with van der Waals surface area (Å²) in [4.78, 5) is 14.1. The van der Waals surface area contributed by atoms with E-state index in [2.05, 4.69) is 0 Å². The molecule has 1 fully saturated rings. The van der Waals surface area contributed by atoms with Gasteiger partial charge in [-0.25, -0.2) is 0 Å². The van der Waals surface area contributed by atoms with Crippen LogP contribution < -0.4 is 10.5 Å². The number of nitrogens with two attached hydrogens (primary N) is 1. The third-order valence-corrected chi connectivity index (χ3v) is 3.66. The van der Waals surface area contributed by atoms with E-state index < -0.39 is 0 Å². The Hall–Kier alpha value is -1.75. The van der Waals surface area contributed by atoms with Crippen LogP contribution in [0.4, 0.5) is 5.69 Å². The number of benzene rings is 1. The first-order valence-electron chi connectivity index (χ1n) is 7.10. The Bertz CT molecular complexity index is 446. The molecule has 0 aliphatic heterocycles. The van der Waals surface area contributed by atoms with Crippen LogP contribution in [0.2, 0.25) is 0 Å². The zero-order valence-corrected chi connectivity index (χ0v) is 11.6. The van der Waals surface area contributed by atoms with Gasteiger partial charge in [-0.3, -0.25) is 4.79 Å². The predicted octanol–water partition coefficient (Wildman–Crippen LogP) is 1.41. The van der Waals surface area contributed by atoms with Gasteiger partial charge in [0.2, 0.25) is 0 Å². The molecule has 0 atom stereocenters. The van der Waals surface area contributed by atoms with Crippen LogP contribution >= 0.6 is 0 Å². The van der Waals surface area contributed by atoms with Crippen LogP contribution in [0, 0.1) is 0 Å². The first kappa shape index (κ1) is 14.7. The minimum atomic E-state index is -0.0357. The van der Waals surface area contributed by atoms with E-state index in [4.69, 9.17) is 15.6 Å². The molecule has 1 aromatic carbocycles. The summed E-state index contributed by atoms with van der Waals surface area (Å²) in [5.74, 6) is 0.503. The fourth-order valence-electron chi connectivity index (χ4n) is 2.28. The Kier molecular flexibility index (Phi) is 5.24. The molecule has 0 radical (unpaired) electrons. The van der Waals surface area contributed by atoms with Gasteiger partial charge < -0.3 is 20.5 Å². The maximum Gasteiger partial charge on any atom is 0.260 e. The average molecular weight is 278 g/mol. The molecule has 5 heteroatoms. The van der Waals surface area contributed by atoms with Gasteiger partial charge in [0, 0.05) is 19.2 Å². The van der Waals surface area contributed by atoms with Crippen molar-refractivity contribution < 1.29 is 14.6 Å². The number of nitrogens with zero attached hydrogens (tertiary/aromatic N) is 1. The lowest BCUT2D eigenvalue weighted by Crippen LogP contribution is -2.46. The van der Waals surface area contributed by atoms with Crippen LogP contribution in [0.15, 0.2) is 24.3 Å². The van der Waals surface area contributed by atoms with Crippen LogP contribution in [-0.2, 0) is 4.79 Å². The summed E-state index contributed by atoms with van der Waals surface area (Å²) >= 11 is 0. The standard InChI is InChI=1S/C15H22N2O3/c16-13-7-1-2-8-14(13)20-11-15(19)17(9-4-10-18)12-5-3-6-12/h1-2,7-8,12,18H,3-6,9-11,16H2. The lowest BCUT2D eigenvalue weighted by atomic mass is 9.91. The van der Waals surface area contributed by atoms with Crippen LogP contribution in [0.1, 0.15) is 25.7 Å². The van der Waals surface area contributed by atoms with E-state index >= 15 is 0 Å². The first-order valence-corrected chi connectivity index (χ1v) is 7.10. The van der Waals surface area contributed by atoms with Gasteiger partial charge in [-0.05, 0) is 37.8 Å². The van der Waals surface area contributed by atoms with E-state index in [0.29, 0.717) is 30.4 Å². The van der Waals surface area contributed by atoms with Gasteiger partial charge in [0.05, 0.1) is 5.69 Å². The summed E-state index contributed by atoms with van der Waals surface area (Å²) < 4.78 is 5.50. The predicted molar refractivity (Wildman–Crippen MR) is 77.4 cm³/mol. The smallest absolute Gasteiger partial charge is 0.260 e. The van der Waals surface area contributed by atoms with Crippen molar-refractivity contribution in [2.75, 3.05) is 25.5 Å². The Labute approximate surface area is 119 Å². The number of aliphatic hydroxyl groups excluding tert-OH is 1. The Morgan fingerprint density at radius 2 is 2.15 bits per heavy atom. The van der Waals surface area contributed by atoms with Crippen LogP contribution in [0.5, 0.6) is 5.75 Å². The molecule has 20 heavy (non-hydrogen) atoms. The average Bonchev–Trinajstić information content (AvgIpc) is 2.40. The van der Waals surface area contributed by atoms with Crippen LogP contribution in [0.3, 0.4) is 0 Å². The molecule has 110 valence electrons. The van der Waals surface area contributed by atoms with Crippen molar-refractivity contribution in [3.8, 4) is 5.75 Å². The molecule has 0 saturated heterocycles. The van der Waals surface area contributed by atoms with E-state index in [0.717, 1.165) is 12.8 Å². The summed E-state index contributed by atoms with van der Waals surface area (Å²) in [5, 5.41) is 8.93. The topological polar surface area (TPSA) is 75.8 Å². The van der Waals surface area contributed by atoms with E-state index in [9.17, 15) is 4.79 Å². The van der Waals surface area contributed by atoms with Crippen LogP contribution in [0.25, 0.3) is 0 Å². The van der Waals surface area contributed by atoms with Crippen molar-refractivity contribution in [1.82, 2.24) is 4.90 Å². The molecule has 0 unspecified atom stereocenters.